The molecule has 13 heavy (non-hydrogen) atoms. The van der Waals surface area contributed by atoms with Gasteiger partial charge in [-0.25, -0.2) is 0 Å². The number of fused-ring (bicyclic) bond motifs is 1. The Hall–Kier alpha value is 0.180. The van der Waals surface area contributed by atoms with Gasteiger partial charge < -0.3 is 0 Å². The third-order valence-corrected chi connectivity index (χ3v) is 5.15. The molecule has 1 fully saturated rings. The van der Waals surface area contributed by atoms with Crippen LogP contribution >= 0.6 is 21.6 Å². The summed E-state index contributed by atoms with van der Waals surface area (Å²) in [5.74, 6) is 0.717. The van der Waals surface area contributed by atoms with E-state index in [1.165, 1.54) is 25.7 Å². The van der Waals surface area contributed by atoms with E-state index in [-0.39, 0.29) is 0 Å². The van der Waals surface area contributed by atoms with Crippen molar-refractivity contribution in [2.45, 2.75) is 39.5 Å². The monoisotopic (exact) mass is 212 g/mol. The van der Waals surface area contributed by atoms with Gasteiger partial charge in [0.05, 0.1) is 0 Å². The largest absolute Gasteiger partial charge is 0.0606 e. The van der Waals surface area contributed by atoms with Crippen molar-refractivity contribution in [2.75, 3.05) is 0 Å². The molecule has 1 aliphatic heterocycles. The highest BCUT2D eigenvalue weighted by molar-refractivity contribution is 8.79. The molecule has 2 rings (SSSR count). The highest BCUT2D eigenvalue weighted by Crippen LogP contribution is 2.48. The molecule has 2 aliphatic rings. The van der Waals surface area contributed by atoms with Gasteiger partial charge in [0.25, 0.3) is 0 Å². The van der Waals surface area contributed by atoms with E-state index >= 15 is 0 Å². The van der Waals surface area contributed by atoms with E-state index < -0.39 is 0 Å². The van der Waals surface area contributed by atoms with Crippen LogP contribution in [0, 0.1) is 5.92 Å². The molecule has 0 aromatic carbocycles. The molecule has 0 N–H and O–H groups in total. The minimum atomic E-state index is 0.717. The zero-order chi connectivity index (χ0) is 9.26. The first-order chi connectivity index (χ1) is 6.29. The van der Waals surface area contributed by atoms with Gasteiger partial charge in [-0.1, -0.05) is 35.4 Å². The molecule has 0 atom stereocenters. The summed E-state index contributed by atoms with van der Waals surface area (Å²) in [7, 11) is 3.89. The van der Waals surface area contributed by atoms with E-state index in [0.717, 1.165) is 0 Å². The Balaban J connectivity index is 2.30. The third-order valence-electron chi connectivity index (χ3n) is 2.66. The molecule has 1 heterocycles. The Kier molecular flexibility index (Phi) is 3.10. The van der Waals surface area contributed by atoms with Crippen molar-refractivity contribution in [1.29, 1.82) is 0 Å². The van der Waals surface area contributed by atoms with E-state index in [2.05, 4.69) is 19.3 Å². The standard InChI is InChI=1S/C11H16S2/c1-8(2)11-10-6-4-3-5-9(10)7-12-13-11/h7-8H,3-6H2,1-2H3. The van der Waals surface area contributed by atoms with Crippen molar-refractivity contribution >= 4 is 21.6 Å². The average Bonchev–Trinajstić information content (AvgIpc) is 2.17. The first-order valence-corrected chi connectivity index (χ1v) is 7.26. The van der Waals surface area contributed by atoms with Gasteiger partial charge in [-0.05, 0) is 48.2 Å². The summed E-state index contributed by atoms with van der Waals surface area (Å²) in [5.41, 5.74) is 3.32. The first-order valence-electron chi connectivity index (χ1n) is 5.05. The Morgan fingerprint density at radius 2 is 2.00 bits per heavy atom. The minimum absolute atomic E-state index is 0.717. The zero-order valence-electron chi connectivity index (χ0n) is 8.30. The van der Waals surface area contributed by atoms with Crippen LogP contribution in [0.25, 0.3) is 0 Å². The molecule has 0 aromatic rings. The molecule has 2 heteroatoms. The van der Waals surface area contributed by atoms with Crippen LogP contribution in [-0.4, -0.2) is 0 Å². The molecule has 1 aliphatic carbocycles. The van der Waals surface area contributed by atoms with Crippen molar-refractivity contribution < 1.29 is 0 Å². The van der Waals surface area contributed by atoms with Gasteiger partial charge in [0.2, 0.25) is 0 Å². The highest BCUT2D eigenvalue weighted by atomic mass is 33.1. The van der Waals surface area contributed by atoms with Crippen LogP contribution in [0.5, 0.6) is 0 Å². The lowest BCUT2D eigenvalue weighted by Gasteiger charge is -2.26. The summed E-state index contributed by atoms with van der Waals surface area (Å²) < 4.78 is 0. The molecule has 0 spiro atoms. The van der Waals surface area contributed by atoms with Crippen molar-refractivity contribution in [2.24, 2.45) is 5.92 Å². The van der Waals surface area contributed by atoms with Gasteiger partial charge >= 0.3 is 0 Å². The molecular formula is C11H16S2. The van der Waals surface area contributed by atoms with Gasteiger partial charge in [-0.3, -0.25) is 0 Å². The lowest BCUT2D eigenvalue weighted by atomic mass is 9.88. The number of allylic oxidation sites excluding steroid dienone is 3. The first kappa shape index (κ1) is 9.72. The van der Waals surface area contributed by atoms with Crippen molar-refractivity contribution in [3.63, 3.8) is 0 Å². The normalized spacial score (nSPS) is 23.2. The predicted molar refractivity (Wildman–Crippen MR) is 63.6 cm³/mol. The van der Waals surface area contributed by atoms with Crippen LogP contribution < -0.4 is 0 Å². The molecule has 0 radical (unpaired) electrons. The Morgan fingerprint density at radius 1 is 1.23 bits per heavy atom. The second-order valence-electron chi connectivity index (χ2n) is 4.03. The maximum atomic E-state index is 2.37. The molecule has 0 amide bonds. The van der Waals surface area contributed by atoms with E-state index in [0.29, 0.717) is 5.92 Å². The smallest absolute Gasteiger partial charge is 0.00217 e. The summed E-state index contributed by atoms with van der Waals surface area (Å²) in [6.45, 7) is 4.63. The SMILES string of the molecule is CC(C)C1=C2CCCCC2=CSS1. The Labute approximate surface area is 88.6 Å². The summed E-state index contributed by atoms with van der Waals surface area (Å²) in [5, 5.41) is 2.37. The van der Waals surface area contributed by atoms with Crippen LogP contribution in [0.4, 0.5) is 0 Å². The number of hydrogen-bond acceptors (Lipinski definition) is 2. The molecular weight excluding hydrogens is 196 g/mol. The minimum Gasteiger partial charge on any atom is -0.0606 e. The molecule has 1 saturated carbocycles. The van der Waals surface area contributed by atoms with Crippen LogP contribution in [0.15, 0.2) is 21.5 Å². The number of hydrogen-bond donors (Lipinski definition) is 0. The quantitative estimate of drug-likeness (QED) is 0.575. The topological polar surface area (TPSA) is 0 Å². The van der Waals surface area contributed by atoms with E-state index in [1.807, 2.05) is 21.6 Å². The average molecular weight is 212 g/mol. The van der Waals surface area contributed by atoms with Crippen LogP contribution in [0.1, 0.15) is 39.5 Å². The Morgan fingerprint density at radius 3 is 2.77 bits per heavy atom. The van der Waals surface area contributed by atoms with Crippen LogP contribution in [0.3, 0.4) is 0 Å². The molecule has 0 bridgehead atoms. The van der Waals surface area contributed by atoms with E-state index in [4.69, 9.17) is 0 Å². The van der Waals surface area contributed by atoms with Gasteiger partial charge in [-0.15, -0.1) is 0 Å². The predicted octanol–water partition coefficient (Wildman–Crippen LogP) is 4.75. The molecule has 0 aromatic heterocycles. The van der Waals surface area contributed by atoms with Crippen LogP contribution in [-0.2, 0) is 0 Å². The lowest BCUT2D eigenvalue weighted by Crippen LogP contribution is -2.05. The highest BCUT2D eigenvalue weighted by Gasteiger charge is 2.21. The fraction of sp³-hybridized carbons (Fsp3) is 0.636. The van der Waals surface area contributed by atoms with Crippen molar-refractivity contribution in [1.82, 2.24) is 0 Å². The second-order valence-corrected chi connectivity index (χ2v) is 6.14. The summed E-state index contributed by atoms with van der Waals surface area (Å²) >= 11 is 0. The van der Waals surface area contributed by atoms with E-state index in [1.54, 1.807) is 16.1 Å². The molecule has 0 unspecified atom stereocenters. The molecule has 0 nitrogen and oxygen atoms in total. The second kappa shape index (κ2) is 4.14. The summed E-state index contributed by atoms with van der Waals surface area (Å²) in [6, 6.07) is 0. The maximum absolute atomic E-state index is 2.37. The molecule has 0 saturated heterocycles. The zero-order valence-corrected chi connectivity index (χ0v) is 9.93. The Bertz CT molecular complexity index is 261. The summed E-state index contributed by atoms with van der Waals surface area (Å²) in [4.78, 5) is 1.64. The van der Waals surface area contributed by atoms with Gasteiger partial charge in [0.1, 0.15) is 0 Å². The maximum Gasteiger partial charge on any atom is 0.00217 e. The fourth-order valence-corrected chi connectivity index (χ4v) is 4.71. The molecule has 72 valence electrons. The summed E-state index contributed by atoms with van der Waals surface area (Å²) in [6.07, 6.45) is 5.44. The lowest BCUT2D eigenvalue weighted by molar-refractivity contribution is 0.665. The fourth-order valence-electron chi connectivity index (χ4n) is 1.97. The van der Waals surface area contributed by atoms with Gasteiger partial charge in [0, 0.05) is 4.91 Å². The van der Waals surface area contributed by atoms with Crippen molar-refractivity contribution in [3.05, 3.63) is 21.5 Å². The van der Waals surface area contributed by atoms with Gasteiger partial charge in [0.15, 0.2) is 0 Å². The number of rotatable bonds is 1. The van der Waals surface area contributed by atoms with E-state index in [9.17, 15) is 0 Å². The van der Waals surface area contributed by atoms with Gasteiger partial charge in [-0.2, -0.15) is 0 Å². The third kappa shape index (κ3) is 1.99. The van der Waals surface area contributed by atoms with Crippen LogP contribution in [0.2, 0.25) is 0 Å². The van der Waals surface area contributed by atoms with Crippen molar-refractivity contribution in [3.8, 4) is 0 Å².